The van der Waals surface area contributed by atoms with Gasteiger partial charge >= 0.3 is 5.97 Å². The molecule has 0 aromatic rings. The predicted molar refractivity (Wildman–Crippen MR) is 72.4 cm³/mol. The van der Waals surface area contributed by atoms with Crippen LogP contribution in [0.4, 0.5) is 0 Å². The van der Waals surface area contributed by atoms with Crippen molar-refractivity contribution in [3.8, 4) is 0 Å². The highest BCUT2D eigenvalue weighted by atomic mass is 16.5. The van der Waals surface area contributed by atoms with E-state index < -0.39 is 0 Å². The Morgan fingerprint density at radius 3 is 2.33 bits per heavy atom. The van der Waals surface area contributed by atoms with Gasteiger partial charge in [0.2, 0.25) is 0 Å². The minimum absolute atomic E-state index is 0.0380. The Labute approximate surface area is 111 Å². The lowest BCUT2D eigenvalue weighted by atomic mass is 9.75. The number of hydrogen-bond acceptors (Lipinski definition) is 3. The molecule has 0 aromatic heterocycles. The third-order valence-electron chi connectivity index (χ3n) is 4.95. The third-order valence-corrected chi connectivity index (χ3v) is 4.95. The van der Waals surface area contributed by atoms with Crippen LogP contribution in [-0.4, -0.2) is 24.7 Å². The number of carbonyl (C=O) groups excluding carboxylic acids is 1. The van der Waals surface area contributed by atoms with E-state index in [1.165, 1.54) is 39.2 Å². The van der Waals surface area contributed by atoms with Gasteiger partial charge in [-0.25, -0.2) is 0 Å². The Hall–Kier alpha value is -0.570. The van der Waals surface area contributed by atoms with Crippen LogP contribution < -0.4 is 5.32 Å². The maximum atomic E-state index is 12.2. The summed E-state index contributed by atoms with van der Waals surface area (Å²) >= 11 is 0. The minimum Gasteiger partial charge on any atom is -0.468 e. The normalized spacial score (nSPS) is 33.6. The highest BCUT2D eigenvalue weighted by Crippen LogP contribution is 2.36. The van der Waals surface area contributed by atoms with Crippen molar-refractivity contribution in [2.45, 2.75) is 76.3 Å². The summed E-state index contributed by atoms with van der Waals surface area (Å²) in [6, 6.07) is 0.530. The van der Waals surface area contributed by atoms with Crippen LogP contribution in [0.5, 0.6) is 0 Å². The molecule has 2 aliphatic rings. The number of hydrogen-bond donors (Lipinski definition) is 1. The van der Waals surface area contributed by atoms with Crippen molar-refractivity contribution in [2.24, 2.45) is 5.92 Å². The van der Waals surface area contributed by atoms with Crippen molar-refractivity contribution in [3.63, 3.8) is 0 Å². The molecule has 0 spiro atoms. The summed E-state index contributed by atoms with van der Waals surface area (Å²) in [5.41, 5.74) is -0.380. The molecule has 3 heteroatoms. The maximum Gasteiger partial charge on any atom is 0.326 e. The van der Waals surface area contributed by atoms with E-state index in [0.717, 1.165) is 31.6 Å². The lowest BCUT2D eigenvalue weighted by Crippen LogP contribution is -2.57. The Morgan fingerprint density at radius 2 is 1.83 bits per heavy atom. The van der Waals surface area contributed by atoms with Gasteiger partial charge < -0.3 is 4.74 Å². The van der Waals surface area contributed by atoms with Gasteiger partial charge in [-0.2, -0.15) is 0 Å². The molecule has 0 aliphatic heterocycles. The summed E-state index contributed by atoms with van der Waals surface area (Å²) in [5.74, 6) is 0.761. The number of carbonyl (C=O) groups is 1. The molecule has 2 aliphatic carbocycles. The van der Waals surface area contributed by atoms with E-state index in [1.54, 1.807) is 0 Å². The molecule has 0 radical (unpaired) electrons. The fraction of sp³-hybridized carbons (Fsp3) is 0.933. The second kappa shape index (κ2) is 6.05. The second-order valence-electron chi connectivity index (χ2n) is 6.05. The van der Waals surface area contributed by atoms with Gasteiger partial charge in [-0.1, -0.05) is 26.2 Å². The third kappa shape index (κ3) is 2.87. The zero-order valence-corrected chi connectivity index (χ0v) is 11.8. The standard InChI is InChI=1S/C15H27NO2/c1-3-12-8-10-15(11-9-12,14(17)18-2)16-13-6-4-5-7-13/h12-13,16H,3-11H2,1-2H3. The highest BCUT2D eigenvalue weighted by Gasteiger charge is 2.43. The Kier molecular flexibility index (Phi) is 4.66. The van der Waals surface area contributed by atoms with E-state index in [9.17, 15) is 4.79 Å². The van der Waals surface area contributed by atoms with Crippen LogP contribution in [0.25, 0.3) is 0 Å². The number of nitrogens with one attached hydrogen (secondary N) is 1. The number of rotatable bonds is 4. The van der Waals surface area contributed by atoms with E-state index >= 15 is 0 Å². The van der Waals surface area contributed by atoms with E-state index in [0.29, 0.717) is 6.04 Å². The largest absolute Gasteiger partial charge is 0.468 e. The average molecular weight is 253 g/mol. The number of esters is 1. The lowest BCUT2D eigenvalue weighted by molar-refractivity contribution is -0.151. The monoisotopic (exact) mass is 253 g/mol. The van der Waals surface area contributed by atoms with Gasteiger partial charge in [-0.3, -0.25) is 10.1 Å². The molecular weight excluding hydrogens is 226 g/mol. The van der Waals surface area contributed by atoms with Gasteiger partial charge in [0.25, 0.3) is 0 Å². The van der Waals surface area contributed by atoms with Crippen molar-refractivity contribution in [1.82, 2.24) is 5.32 Å². The zero-order valence-electron chi connectivity index (χ0n) is 11.8. The maximum absolute atomic E-state index is 12.2. The Morgan fingerprint density at radius 1 is 1.22 bits per heavy atom. The van der Waals surface area contributed by atoms with Gasteiger partial charge in [-0.05, 0) is 44.4 Å². The van der Waals surface area contributed by atoms with Gasteiger partial charge in [-0.15, -0.1) is 0 Å². The summed E-state index contributed by atoms with van der Waals surface area (Å²) < 4.78 is 5.07. The molecule has 0 saturated heterocycles. The molecule has 3 nitrogen and oxygen atoms in total. The van der Waals surface area contributed by atoms with Crippen molar-refractivity contribution in [3.05, 3.63) is 0 Å². The van der Waals surface area contributed by atoms with E-state index in [2.05, 4.69) is 12.2 Å². The van der Waals surface area contributed by atoms with Gasteiger partial charge in [0.15, 0.2) is 0 Å². The first-order valence-corrected chi connectivity index (χ1v) is 7.56. The van der Waals surface area contributed by atoms with Crippen LogP contribution in [0, 0.1) is 5.92 Å². The van der Waals surface area contributed by atoms with Gasteiger partial charge in [0.1, 0.15) is 5.54 Å². The fourth-order valence-corrected chi connectivity index (χ4v) is 3.64. The Balaban J connectivity index is 2.01. The highest BCUT2D eigenvalue weighted by molar-refractivity contribution is 5.81. The first-order valence-electron chi connectivity index (χ1n) is 7.56. The van der Waals surface area contributed by atoms with Crippen LogP contribution in [0.2, 0.25) is 0 Å². The molecule has 0 aromatic carbocycles. The first kappa shape index (κ1) is 13.9. The lowest BCUT2D eigenvalue weighted by Gasteiger charge is -2.40. The summed E-state index contributed by atoms with van der Waals surface area (Å²) in [4.78, 5) is 12.2. The van der Waals surface area contributed by atoms with E-state index in [-0.39, 0.29) is 11.5 Å². The van der Waals surface area contributed by atoms with Crippen molar-refractivity contribution in [2.75, 3.05) is 7.11 Å². The summed E-state index contributed by atoms with van der Waals surface area (Å²) in [5, 5.41) is 3.65. The molecule has 1 N–H and O–H groups in total. The number of ether oxygens (including phenoxy) is 1. The molecule has 18 heavy (non-hydrogen) atoms. The molecule has 104 valence electrons. The number of methoxy groups -OCH3 is 1. The molecule has 0 heterocycles. The van der Waals surface area contributed by atoms with Crippen molar-refractivity contribution >= 4 is 5.97 Å². The molecule has 2 rings (SSSR count). The molecular formula is C15H27NO2. The topological polar surface area (TPSA) is 38.3 Å². The molecule has 0 bridgehead atoms. The van der Waals surface area contributed by atoms with Gasteiger partial charge in [0.05, 0.1) is 7.11 Å². The molecule has 0 unspecified atom stereocenters. The van der Waals surface area contributed by atoms with Crippen LogP contribution in [-0.2, 0) is 9.53 Å². The average Bonchev–Trinajstić information content (AvgIpc) is 2.91. The minimum atomic E-state index is -0.380. The Bertz CT molecular complexity index is 276. The van der Waals surface area contributed by atoms with Crippen LogP contribution >= 0.6 is 0 Å². The fourth-order valence-electron chi connectivity index (χ4n) is 3.64. The van der Waals surface area contributed by atoms with Crippen LogP contribution in [0.1, 0.15) is 64.7 Å². The summed E-state index contributed by atoms with van der Waals surface area (Å²) in [7, 11) is 1.52. The smallest absolute Gasteiger partial charge is 0.326 e. The predicted octanol–water partition coefficient (Wildman–Crippen LogP) is 3.03. The molecule has 0 atom stereocenters. The van der Waals surface area contributed by atoms with Crippen molar-refractivity contribution < 1.29 is 9.53 Å². The second-order valence-corrected chi connectivity index (χ2v) is 6.05. The summed E-state index contributed by atoms with van der Waals surface area (Å²) in [6.45, 7) is 2.25. The first-order chi connectivity index (χ1) is 8.70. The van der Waals surface area contributed by atoms with Crippen LogP contribution in [0.3, 0.4) is 0 Å². The zero-order chi connectivity index (χ0) is 13.0. The molecule has 2 saturated carbocycles. The van der Waals surface area contributed by atoms with E-state index in [4.69, 9.17) is 4.74 Å². The SMILES string of the molecule is CCC1CCC(NC2CCCC2)(C(=O)OC)CC1. The van der Waals surface area contributed by atoms with Crippen LogP contribution in [0.15, 0.2) is 0 Å². The summed E-state index contributed by atoms with van der Waals surface area (Å²) in [6.07, 6.45) is 10.5. The molecule has 0 amide bonds. The van der Waals surface area contributed by atoms with Crippen molar-refractivity contribution in [1.29, 1.82) is 0 Å². The quantitative estimate of drug-likeness (QED) is 0.783. The van der Waals surface area contributed by atoms with E-state index in [1.807, 2.05) is 0 Å². The van der Waals surface area contributed by atoms with Gasteiger partial charge in [0, 0.05) is 6.04 Å². The molecule has 2 fully saturated rings.